The maximum absolute atomic E-state index is 12.1. The minimum absolute atomic E-state index is 0.165. The van der Waals surface area contributed by atoms with Crippen LogP contribution < -0.4 is 0 Å². The van der Waals surface area contributed by atoms with Crippen LogP contribution in [0.15, 0.2) is 4.99 Å². The van der Waals surface area contributed by atoms with Gasteiger partial charge >= 0.3 is 11.9 Å². The van der Waals surface area contributed by atoms with Gasteiger partial charge in [-0.05, 0) is 6.42 Å². The molecule has 0 aromatic heterocycles. The molecule has 1 aliphatic rings. The van der Waals surface area contributed by atoms with Crippen LogP contribution in [-0.2, 0) is 14.4 Å². The van der Waals surface area contributed by atoms with Gasteiger partial charge in [-0.15, -0.1) is 0 Å². The van der Waals surface area contributed by atoms with Crippen molar-refractivity contribution in [2.75, 3.05) is 13.1 Å². The van der Waals surface area contributed by atoms with Gasteiger partial charge in [-0.2, -0.15) is 5.06 Å². The molecule has 0 radical (unpaired) electrons. The molecule has 1 atom stereocenters. The summed E-state index contributed by atoms with van der Waals surface area (Å²) in [6.07, 6.45) is 14.1. The second-order valence-electron chi connectivity index (χ2n) is 6.84. The number of hydrogen-bond donors (Lipinski definition) is 1. The number of carboxylic acid groups (broad SMARTS) is 1. The summed E-state index contributed by atoms with van der Waals surface area (Å²) >= 11 is 0. The highest BCUT2D eigenvalue weighted by atomic mass is 16.7. The van der Waals surface area contributed by atoms with E-state index in [1.165, 1.54) is 56.3 Å². The lowest BCUT2D eigenvalue weighted by molar-refractivity contribution is -0.177. The third-order valence-electron chi connectivity index (χ3n) is 4.53. The van der Waals surface area contributed by atoms with E-state index >= 15 is 0 Å². The molecule has 0 saturated carbocycles. The van der Waals surface area contributed by atoms with Crippen LogP contribution in [0.4, 0.5) is 0 Å². The van der Waals surface area contributed by atoms with Crippen molar-refractivity contribution in [3.8, 4) is 0 Å². The van der Waals surface area contributed by atoms with Crippen molar-refractivity contribution < 1.29 is 19.5 Å². The van der Waals surface area contributed by atoms with Gasteiger partial charge in [-0.3, -0.25) is 9.79 Å². The molecule has 1 heterocycles. The molecule has 0 spiro atoms. The van der Waals surface area contributed by atoms with Crippen molar-refractivity contribution in [3.05, 3.63) is 0 Å². The molecule has 0 saturated heterocycles. The van der Waals surface area contributed by atoms with E-state index in [-0.39, 0.29) is 6.42 Å². The molecule has 6 nitrogen and oxygen atoms in total. The van der Waals surface area contributed by atoms with E-state index in [0.29, 0.717) is 19.5 Å². The van der Waals surface area contributed by atoms with Gasteiger partial charge in [0.15, 0.2) is 0 Å². The normalized spacial score (nSPS) is 14.7. The fourth-order valence-corrected chi connectivity index (χ4v) is 3.01. The maximum Gasteiger partial charge on any atom is 0.336 e. The first-order valence-electron chi connectivity index (χ1n) is 9.83. The Kier molecular flexibility index (Phi) is 11.7. The molecule has 1 aliphatic heterocycles. The molecule has 1 unspecified atom stereocenters. The zero-order chi connectivity index (χ0) is 18.3. The number of carbonyl (C=O) groups excluding carboxylic acids is 1. The highest BCUT2D eigenvalue weighted by Gasteiger charge is 2.25. The van der Waals surface area contributed by atoms with Crippen molar-refractivity contribution in [1.29, 1.82) is 0 Å². The Morgan fingerprint density at radius 2 is 1.68 bits per heavy atom. The zero-order valence-corrected chi connectivity index (χ0v) is 15.6. The highest BCUT2D eigenvalue weighted by molar-refractivity contribution is 5.79. The van der Waals surface area contributed by atoms with Crippen LogP contribution in [0.1, 0.15) is 84.0 Å². The standard InChI is InChI=1S/C19H34N2O4/c1-2-3-4-5-6-7-8-9-10-11-12-17(15-18(22)23)19(24)25-21-14-13-20-16-21/h16-17H,2-15H2,1H3,(H,22,23). The number of hydroxylamine groups is 2. The molecule has 0 bridgehead atoms. The van der Waals surface area contributed by atoms with Crippen molar-refractivity contribution in [3.63, 3.8) is 0 Å². The van der Waals surface area contributed by atoms with Gasteiger partial charge in [0.2, 0.25) is 0 Å². The monoisotopic (exact) mass is 354 g/mol. The molecular formula is C19H34N2O4. The Hall–Kier alpha value is -1.59. The van der Waals surface area contributed by atoms with E-state index < -0.39 is 17.9 Å². The number of aliphatic imine (C=N–C) groups is 1. The Morgan fingerprint density at radius 1 is 1.08 bits per heavy atom. The van der Waals surface area contributed by atoms with Crippen molar-refractivity contribution in [2.45, 2.75) is 84.0 Å². The van der Waals surface area contributed by atoms with Gasteiger partial charge in [0.1, 0.15) is 6.34 Å². The summed E-state index contributed by atoms with van der Waals surface area (Å²) in [7, 11) is 0. The first-order valence-corrected chi connectivity index (χ1v) is 9.83. The summed E-state index contributed by atoms with van der Waals surface area (Å²) < 4.78 is 0. The van der Waals surface area contributed by atoms with Gasteiger partial charge in [0.05, 0.1) is 25.4 Å². The molecule has 144 valence electrons. The topological polar surface area (TPSA) is 79.2 Å². The Bertz CT molecular complexity index is 412. The van der Waals surface area contributed by atoms with Crippen LogP contribution in [0.2, 0.25) is 0 Å². The third kappa shape index (κ3) is 10.8. The molecule has 1 rings (SSSR count). The SMILES string of the molecule is CCCCCCCCCCCCC(CC(=O)O)C(=O)ON1C=NCC1. The first kappa shape index (κ1) is 21.5. The van der Waals surface area contributed by atoms with E-state index in [9.17, 15) is 9.59 Å². The fourth-order valence-electron chi connectivity index (χ4n) is 3.01. The van der Waals surface area contributed by atoms with Crippen LogP contribution in [0, 0.1) is 5.92 Å². The lowest BCUT2D eigenvalue weighted by Gasteiger charge is -2.18. The van der Waals surface area contributed by atoms with Gasteiger partial charge in [-0.25, -0.2) is 4.79 Å². The summed E-state index contributed by atoms with van der Waals surface area (Å²) in [5, 5.41) is 10.4. The van der Waals surface area contributed by atoms with E-state index in [4.69, 9.17) is 9.94 Å². The number of aliphatic carboxylic acids is 1. The van der Waals surface area contributed by atoms with Gasteiger partial charge < -0.3 is 9.94 Å². The van der Waals surface area contributed by atoms with Crippen molar-refractivity contribution >= 4 is 18.3 Å². The number of hydrogen-bond acceptors (Lipinski definition) is 5. The van der Waals surface area contributed by atoms with Gasteiger partial charge in [-0.1, -0.05) is 71.1 Å². The third-order valence-corrected chi connectivity index (χ3v) is 4.53. The lowest BCUT2D eigenvalue weighted by atomic mass is 9.97. The number of rotatable bonds is 15. The van der Waals surface area contributed by atoms with E-state index in [2.05, 4.69) is 11.9 Å². The predicted octanol–water partition coefficient (Wildman–Crippen LogP) is 4.19. The van der Waals surface area contributed by atoms with Gasteiger partial charge in [0.25, 0.3) is 0 Å². The summed E-state index contributed by atoms with van der Waals surface area (Å²) in [5.41, 5.74) is 0. The Labute approximate surface area is 151 Å². The smallest absolute Gasteiger partial charge is 0.336 e. The molecular weight excluding hydrogens is 320 g/mol. The zero-order valence-electron chi connectivity index (χ0n) is 15.6. The summed E-state index contributed by atoms with van der Waals surface area (Å²) in [5.74, 6) is -1.98. The number of carboxylic acids is 1. The fraction of sp³-hybridized carbons (Fsp3) is 0.842. The highest BCUT2D eigenvalue weighted by Crippen LogP contribution is 2.18. The number of carbonyl (C=O) groups is 2. The molecule has 0 aromatic rings. The van der Waals surface area contributed by atoms with Gasteiger partial charge in [0, 0.05) is 0 Å². The van der Waals surface area contributed by atoms with Crippen LogP contribution in [0.3, 0.4) is 0 Å². The second kappa shape index (κ2) is 13.7. The molecule has 0 aliphatic carbocycles. The summed E-state index contributed by atoms with van der Waals surface area (Å²) in [4.78, 5) is 32.3. The molecule has 1 N–H and O–H groups in total. The van der Waals surface area contributed by atoms with Crippen LogP contribution in [0.5, 0.6) is 0 Å². The minimum atomic E-state index is -0.955. The molecule has 6 heteroatoms. The summed E-state index contributed by atoms with van der Waals surface area (Å²) in [6.45, 7) is 3.38. The van der Waals surface area contributed by atoms with Crippen LogP contribution in [-0.4, -0.2) is 41.5 Å². The van der Waals surface area contributed by atoms with Crippen molar-refractivity contribution in [2.24, 2.45) is 10.9 Å². The van der Waals surface area contributed by atoms with E-state index in [0.717, 1.165) is 19.3 Å². The molecule has 0 amide bonds. The summed E-state index contributed by atoms with van der Waals surface area (Å²) in [6, 6.07) is 0. The van der Waals surface area contributed by atoms with Crippen LogP contribution >= 0.6 is 0 Å². The second-order valence-corrected chi connectivity index (χ2v) is 6.84. The minimum Gasteiger partial charge on any atom is -0.481 e. The predicted molar refractivity (Wildman–Crippen MR) is 98.4 cm³/mol. The lowest BCUT2D eigenvalue weighted by Crippen LogP contribution is -2.30. The number of nitrogens with zero attached hydrogens (tertiary/aromatic N) is 2. The molecule has 25 heavy (non-hydrogen) atoms. The van der Waals surface area contributed by atoms with Crippen LogP contribution in [0.25, 0.3) is 0 Å². The average Bonchev–Trinajstić information content (AvgIpc) is 3.08. The maximum atomic E-state index is 12.1. The average molecular weight is 354 g/mol. The van der Waals surface area contributed by atoms with E-state index in [1.54, 1.807) is 0 Å². The van der Waals surface area contributed by atoms with Crippen molar-refractivity contribution in [1.82, 2.24) is 5.06 Å². The quantitative estimate of drug-likeness (QED) is 0.446. The Morgan fingerprint density at radius 3 is 2.20 bits per heavy atom. The Balaban J connectivity index is 2.12. The molecule has 0 aromatic carbocycles. The molecule has 0 fully saturated rings. The first-order chi connectivity index (χ1) is 12.1. The van der Waals surface area contributed by atoms with E-state index in [1.807, 2.05) is 0 Å². The number of unbranched alkanes of at least 4 members (excludes halogenated alkanes) is 9. The largest absolute Gasteiger partial charge is 0.481 e.